The molecule has 3 aromatic rings. The van der Waals surface area contributed by atoms with Crippen LogP contribution in [-0.4, -0.2) is 89.0 Å². The van der Waals surface area contributed by atoms with Crippen LogP contribution >= 0.6 is 0 Å². The molecule has 2 aliphatic rings. The summed E-state index contributed by atoms with van der Waals surface area (Å²) in [4.78, 5) is 19.9. The van der Waals surface area contributed by atoms with E-state index in [1.54, 1.807) is 19.2 Å². The molecule has 2 saturated heterocycles. The van der Waals surface area contributed by atoms with E-state index in [-0.39, 0.29) is 11.9 Å². The minimum Gasteiger partial charge on any atom is -0.457 e. The van der Waals surface area contributed by atoms with Crippen molar-refractivity contribution in [3.8, 4) is 22.8 Å². The van der Waals surface area contributed by atoms with Crippen molar-refractivity contribution >= 4 is 17.4 Å². The number of nitrogens with zero attached hydrogens (tertiary/aromatic N) is 5. The molecule has 0 saturated carbocycles. The van der Waals surface area contributed by atoms with Gasteiger partial charge < -0.3 is 25.3 Å². The number of hydrogen-bond acceptors (Lipinski definition) is 7. The number of aromatic nitrogens is 2. The van der Waals surface area contributed by atoms with Crippen LogP contribution in [0, 0.1) is 5.41 Å². The predicted molar refractivity (Wildman–Crippen MR) is 178 cm³/mol. The van der Waals surface area contributed by atoms with Crippen LogP contribution in [0.3, 0.4) is 0 Å². The van der Waals surface area contributed by atoms with Crippen molar-refractivity contribution in [3.63, 3.8) is 0 Å². The van der Waals surface area contributed by atoms with Crippen LogP contribution in [0.15, 0.2) is 79.5 Å². The number of carbonyl (C=O) groups excluding carboxylic acids is 1. The monoisotopic (exact) mass is 595 g/mol. The summed E-state index contributed by atoms with van der Waals surface area (Å²) < 4.78 is 7.93. The van der Waals surface area contributed by atoms with E-state index < -0.39 is 0 Å². The molecule has 1 aromatic heterocycles. The lowest BCUT2D eigenvalue weighted by atomic mass is 10.0. The van der Waals surface area contributed by atoms with Gasteiger partial charge in [-0.2, -0.15) is 5.10 Å². The highest BCUT2D eigenvalue weighted by atomic mass is 16.5. The molecule has 44 heavy (non-hydrogen) atoms. The Morgan fingerprint density at radius 3 is 2.48 bits per heavy atom. The van der Waals surface area contributed by atoms with Gasteiger partial charge in [0.05, 0.1) is 11.6 Å². The first-order chi connectivity index (χ1) is 21.3. The summed E-state index contributed by atoms with van der Waals surface area (Å²) in [7, 11) is 4.33. The van der Waals surface area contributed by atoms with Crippen LogP contribution in [0.4, 0.5) is 5.82 Å². The molecule has 1 amide bonds. The summed E-state index contributed by atoms with van der Waals surface area (Å²) in [5.41, 5.74) is 2.73. The first-order valence-electron chi connectivity index (χ1n) is 15.6. The standard InChI is InChI=1S/C35H45N7O2/c1-5-37-35-33(26(2)36)34(27-15-17-31(18-16-27)44-30-12-7-6-8-13-30)38-42(35)29-11-9-22-41(25-29)32(43)14-10-21-40(4)28-19-23-39(3)24-20-28/h5-8,10,12-18,28-29,36-37H,1,9,11,19-25H2,2-4H3. The summed E-state index contributed by atoms with van der Waals surface area (Å²) in [6, 6.07) is 18.0. The molecule has 9 nitrogen and oxygen atoms in total. The average Bonchev–Trinajstić information content (AvgIpc) is 3.42. The maximum Gasteiger partial charge on any atom is 0.246 e. The molecule has 0 bridgehead atoms. The smallest absolute Gasteiger partial charge is 0.246 e. The Kier molecular flexibility index (Phi) is 10.3. The highest BCUT2D eigenvalue weighted by Gasteiger charge is 2.29. The Labute approximate surface area is 261 Å². The molecule has 2 fully saturated rings. The second-order valence-corrected chi connectivity index (χ2v) is 11.9. The van der Waals surface area contributed by atoms with Gasteiger partial charge in [-0.3, -0.25) is 9.69 Å². The van der Waals surface area contributed by atoms with Crippen molar-refractivity contribution in [1.29, 1.82) is 5.41 Å². The molecule has 2 aliphatic heterocycles. The maximum atomic E-state index is 13.3. The van der Waals surface area contributed by atoms with Gasteiger partial charge in [-0.05, 0) is 102 Å². The quantitative estimate of drug-likeness (QED) is 0.208. The van der Waals surface area contributed by atoms with Crippen LogP contribution < -0.4 is 10.1 Å². The lowest BCUT2D eigenvalue weighted by molar-refractivity contribution is -0.127. The number of rotatable bonds is 11. The van der Waals surface area contributed by atoms with E-state index >= 15 is 0 Å². The second-order valence-electron chi connectivity index (χ2n) is 11.9. The van der Waals surface area contributed by atoms with E-state index in [0.717, 1.165) is 67.5 Å². The normalized spacial score (nSPS) is 18.1. The van der Waals surface area contributed by atoms with E-state index in [0.29, 0.717) is 24.0 Å². The first-order valence-corrected chi connectivity index (χ1v) is 15.6. The number of amides is 1. The zero-order valence-corrected chi connectivity index (χ0v) is 26.2. The summed E-state index contributed by atoms with van der Waals surface area (Å²) in [5.74, 6) is 2.26. The topological polar surface area (TPSA) is 89.7 Å². The van der Waals surface area contributed by atoms with Gasteiger partial charge in [-0.25, -0.2) is 4.68 Å². The summed E-state index contributed by atoms with van der Waals surface area (Å²) in [6.45, 7) is 9.95. The van der Waals surface area contributed by atoms with Crippen LogP contribution in [0.2, 0.25) is 0 Å². The Morgan fingerprint density at radius 1 is 1.09 bits per heavy atom. The summed E-state index contributed by atoms with van der Waals surface area (Å²) >= 11 is 0. The number of likely N-dealkylation sites (tertiary alicyclic amines) is 2. The highest BCUT2D eigenvalue weighted by molar-refractivity contribution is 6.06. The second kappa shape index (κ2) is 14.5. The van der Waals surface area contributed by atoms with Crippen LogP contribution in [0.1, 0.15) is 44.2 Å². The molecule has 0 radical (unpaired) electrons. The van der Waals surface area contributed by atoms with Crippen molar-refractivity contribution in [3.05, 3.63) is 85.1 Å². The van der Waals surface area contributed by atoms with Gasteiger partial charge in [0.1, 0.15) is 23.0 Å². The zero-order chi connectivity index (χ0) is 31.1. The minimum absolute atomic E-state index is 0.0296. The van der Waals surface area contributed by atoms with Gasteiger partial charge in [0.25, 0.3) is 0 Å². The number of benzene rings is 2. The molecule has 2 N–H and O–H groups in total. The number of hydrogen-bond donors (Lipinski definition) is 2. The number of carbonyl (C=O) groups is 1. The largest absolute Gasteiger partial charge is 0.457 e. The van der Waals surface area contributed by atoms with Gasteiger partial charge in [0.15, 0.2) is 0 Å². The van der Waals surface area contributed by atoms with E-state index in [9.17, 15) is 4.79 Å². The molecule has 2 aromatic carbocycles. The van der Waals surface area contributed by atoms with Gasteiger partial charge in [-0.15, -0.1) is 0 Å². The molecule has 1 unspecified atom stereocenters. The number of ether oxygens (including phenoxy) is 1. The van der Waals surface area contributed by atoms with E-state index in [1.807, 2.05) is 70.3 Å². The highest BCUT2D eigenvalue weighted by Crippen LogP contribution is 2.35. The maximum absolute atomic E-state index is 13.3. The fourth-order valence-corrected chi connectivity index (χ4v) is 6.16. The van der Waals surface area contributed by atoms with E-state index in [2.05, 4.69) is 35.8 Å². The number of nitrogens with one attached hydrogen (secondary N) is 2. The number of para-hydroxylation sites is 1. The molecule has 9 heteroatoms. The molecule has 0 spiro atoms. The van der Waals surface area contributed by atoms with E-state index in [1.165, 1.54) is 12.8 Å². The average molecular weight is 596 g/mol. The summed E-state index contributed by atoms with van der Waals surface area (Å²) in [5, 5.41) is 16.9. The van der Waals surface area contributed by atoms with E-state index in [4.69, 9.17) is 15.2 Å². The summed E-state index contributed by atoms with van der Waals surface area (Å²) in [6.07, 6.45) is 9.46. The van der Waals surface area contributed by atoms with Crippen LogP contribution in [-0.2, 0) is 4.79 Å². The lowest BCUT2D eigenvalue weighted by Crippen LogP contribution is -2.42. The first kappa shape index (κ1) is 31.2. The predicted octanol–water partition coefficient (Wildman–Crippen LogP) is 6.03. The van der Waals surface area contributed by atoms with Gasteiger partial charge in [0, 0.05) is 43.0 Å². The third-order valence-electron chi connectivity index (χ3n) is 8.65. The van der Waals surface area contributed by atoms with Gasteiger partial charge in [-0.1, -0.05) is 30.9 Å². The zero-order valence-electron chi connectivity index (χ0n) is 26.2. The van der Waals surface area contributed by atoms with Crippen molar-refractivity contribution in [2.45, 2.75) is 44.7 Å². The Morgan fingerprint density at radius 2 is 1.80 bits per heavy atom. The molecule has 0 aliphatic carbocycles. The van der Waals surface area contributed by atoms with Crippen molar-refractivity contribution in [2.75, 3.05) is 52.1 Å². The third-order valence-corrected chi connectivity index (χ3v) is 8.65. The molecule has 1 atom stereocenters. The Hall–Kier alpha value is -4.21. The SMILES string of the molecule is C=CNc1c(C(C)=N)c(-c2ccc(Oc3ccccc3)cc2)nn1C1CCCN(C(=O)C=CCN(C)C2CCN(C)CC2)C1. The lowest BCUT2D eigenvalue weighted by Gasteiger charge is -2.34. The third kappa shape index (κ3) is 7.46. The number of piperidine rings is 2. The Bertz CT molecular complexity index is 1460. The van der Waals surface area contributed by atoms with Crippen molar-refractivity contribution < 1.29 is 9.53 Å². The molecule has 5 rings (SSSR count). The fraction of sp³-hybridized carbons (Fsp3) is 0.400. The minimum atomic E-state index is -0.0296. The number of likely N-dealkylation sites (N-methyl/N-ethyl adjacent to an activating group) is 1. The molecule has 3 heterocycles. The van der Waals surface area contributed by atoms with Crippen LogP contribution in [0.5, 0.6) is 11.5 Å². The number of anilines is 1. The molecular formula is C35H45N7O2. The molecule has 232 valence electrons. The Balaban J connectivity index is 1.31. The van der Waals surface area contributed by atoms with Gasteiger partial charge >= 0.3 is 0 Å². The van der Waals surface area contributed by atoms with Gasteiger partial charge in [0.2, 0.25) is 5.91 Å². The fourth-order valence-electron chi connectivity index (χ4n) is 6.16. The van der Waals surface area contributed by atoms with Crippen LogP contribution in [0.25, 0.3) is 11.3 Å². The van der Waals surface area contributed by atoms with Crippen molar-refractivity contribution in [1.82, 2.24) is 24.5 Å². The molecular weight excluding hydrogens is 550 g/mol. The van der Waals surface area contributed by atoms with Crippen molar-refractivity contribution in [2.24, 2.45) is 0 Å².